The van der Waals surface area contributed by atoms with Crippen molar-refractivity contribution in [3.8, 4) is 11.3 Å². The molecule has 9 nitrogen and oxygen atoms in total. The van der Waals surface area contributed by atoms with E-state index < -0.39 is 11.7 Å². The Labute approximate surface area is 159 Å². The summed E-state index contributed by atoms with van der Waals surface area (Å²) in [6, 6.07) is 3.10. The van der Waals surface area contributed by atoms with Gasteiger partial charge in [0, 0.05) is 50.5 Å². The lowest BCUT2D eigenvalue weighted by molar-refractivity contribution is -0.114. The molecule has 0 aliphatic carbocycles. The molecule has 3 aromatic rings. The minimum absolute atomic E-state index is 0.175. The molecule has 3 aromatic heterocycles. The summed E-state index contributed by atoms with van der Waals surface area (Å²) in [7, 11) is 1.67. The second-order valence-corrected chi connectivity index (χ2v) is 6.25. The molecule has 0 radical (unpaired) electrons. The van der Waals surface area contributed by atoms with Gasteiger partial charge >= 0.3 is 5.92 Å². The molecule has 11 heteroatoms. The van der Waals surface area contributed by atoms with Crippen LogP contribution in [0.3, 0.4) is 0 Å². The third kappa shape index (κ3) is 4.42. The van der Waals surface area contributed by atoms with Crippen molar-refractivity contribution in [2.75, 3.05) is 10.6 Å². The highest BCUT2D eigenvalue weighted by molar-refractivity contribution is 5.89. The van der Waals surface area contributed by atoms with E-state index in [4.69, 9.17) is 0 Å². The van der Waals surface area contributed by atoms with E-state index in [1.165, 1.54) is 30.2 Å². The zero-order valence-corrected chi connectivity index (χ0v) is 15.7. The van der Waals surface area contributed by atoms with Crippen molar-refractivity contribution in [1.29, 1.82) is 0 Å². The SMILES string of the molecule is CC(=O)Nc1cc(Nc2cc(C)nc(C(C)(F)F)n2)c(-c2cnn(C)n2)cn1. The predicted octanol–water partition coefficient (Wildman–Crippen LogP) is 2.79. The molecule has 0 spiro atoms. The van der Waals surface area contributed by atoms with Crippen LogP contribution in [-0.4, -0.2) is 35.9 Å². The van der Waals surface area contributed by atoms with Gasteiger partial charge in [-0.15, -0.1) is 0 Å². The standard InChI is InChI=1S/C17H18F2N8O/c1-9-5-15(25-16(22-9)17(3,18)19)24-12-6-14(23-10(2)28)20-7-11(12)13-8-21-27(4)26-13/h5-8H,1-4H3,(H2,20,22,23,24,25,28). The third-order valence-electron chi connectivity index (χ3n) is 3.59. The number of anilines is 3. The largest absolute Gasteiger partial charge is 0.339 e. The minimum Gasteiger partial charge on any atom is -0.339 e. The highest BCUT2D eigenvalue weighted by Crippen LogP contribution is 2.31. The molecule has 1 amide bonds. The van der Waals surface area contributed by atoms with Crippen LogP contribution in [0.25, 0.3) is 11.3 Å². The van der Waals surface area contributed by atoms with Crippen molar-refractivity contribution >= 4 is 23.2 Å². The predicted molar refractivity (Wildman–Crippen MR) is 98.2 cm³/mol. The number of aryl methyl sites for hydroxylation is 2. The summed E-state index contributed by atoms with van der Waals surface area (Å²) in [5, 5.41) is 13.8. The van der Waals surface area contributed by atoms with Gasteiger partial charge in [-0.25, -0.2) is 15.0 Å². The van der Waals surface area contributed by atoms with E-state index in [0.717, 1.165) is 6.92 Å². The number of hydrogen-bond donors (Lipinski definition) is 2. The van der Waals surface area contributed by atoms with Crippen molar-refractivity contribution in [2.24, 2.45) is 7.05 Å². The first-order valence-electron chi connectivity index (χ1n) is 8.27. The Kier molecular flexibility index (Phi) is 4.99. The molecule has 0 unspecified atom stereocenters. The fourth-order valence-corrected chi connectivity index (χ4v) is 2.45. The fourth-order valence-electron chi connectivity index (χ4n) is 2.45. The molecule has 0 saturated heterocycles. The number of halogens is 2. The number of hydrogen-bond acceptors (Lipinski definition) is 7. The minimum atomic E-state index is -3.18. The van der Waals surface area contributed by atoms with Gasteiger partial charge in [-0.1, -0.05) is 0 Å². The van der Waals surface area contributed by atoms with Gasteiger partial charge in [-0.3, -0.25) is 4.79 Å². The summed E-state index contributed by atoms with van der Waals surface area (Å²) in [6.07, 6.45) is 3.04. The maximum Gasteiger partial charge on any atom is 0.303 e. The van der Waals surface area contributed by atoms with Gasteiger partial charge in [0.1, 0.15) is 17.3 Å². The van der Waals surface area contributed by atoms with E-state index in [1.54, 1.807) is 20.0 Å². The van der Waals surface area contributed by atoms with Crippen LogP contribution in [0, 0.1) is 6.92 Å². The zero-order valence-electron chi connectivity index (χ0n) is 15.7. The van der Waals surface area contributed by atoms with Gasteiger partial charge in [0.25, 0.3) is 0 Å². The molecule has 3 heterocycles. The first-order chi connectivity index (χ1) is 13.1. The highest BCUT2D eigenvalue weighted by atomic mass is 19.3. The Morgan fingerprint density at radius 2 is 1.93 bits per heavy atom. The first-order valence-corrected chi connectivity index (χ1v) is 8.27. The van der Waals surface area contributed by atoms with Crippen LogP contribution < -0.4 is 10.6 Å². The Hall–Kier alpha value is -3.50. The molecular formula is C17H18F2N8O. The fraction of sp³-hybridized carbons (Fsp3) is 0.294. The van der Waals surface area contributed by atoms with Crippen molar-refractivity contribution in [1.82, 2.24) is 29.9 Å². The van der Waals surface area contributed by atoms with E-state index >= 15 is 0 Å². The van der Waals surface area contributed by atoms with E-state index in [-0.39, 0.29) is 17.5 Å². The molecule has 146 valence electrons. The monoisotopic (exact) mass is 388 g/mol. The van der Waals surface area contributed by atoms with Gasteiger partial charge in [-0.05, 0) is 6.92 Å². The number of carbonyl (C=O) groups is 1. The van der Waals surface area contributed by atoms with Gasteiger partial charge in [0.15, 0.2) is 0 Å². The first kappa shape index (κ1) is 19.3. The Morgan fingerprint density at radius 1 is 1.18 bits per heavy atom. The molecular weight excluding hydrogens is 370 g/mol. The summed E-state index contributed by atoms with van der Waals surface area (Å²) in [5.41, 5.74) is 1.91. The maximum absolute atomic E-state index is 13.7. The van der Waals surface area contributed by atoms with Crippen LogP contribution in [0.4, 0.5) is 26.1 Å². The number of carbonyl (C=O) groups excluding carboxylic acids is 1. The molecule has 0 saturated carbocycles. The smallest absolute Gasteiger partial charge is 0.303 e. The summed E-state index contributed by atoms with van der Waals surface area (Å²) in [6.45, 7) is 3.69. The van der Waals surface area contributed by atoms with Crippen LogP contribution in [0.15, 0.2) is 24.5 Å². The number of aromatic nitrogens is 6. The van der Waals surface area contributed by atoms with Gasteiger partial charge in [0.2, 0.25) is 11.7 Å². The van der Waals surface area contributed by atoms with E-state index in [0.29, 0.717) is 22.6 Å². The van der Waals surface area contributed by atoms with Crippen LogP contribution in [0.1, 0.15) is 25.4 Å². The number of rotatable bonds is 5. The molecule has 0 atom stereocenters. The molecule has 2 N–H and O–H groups in total. The average Bonchev–Trinajstić information content (AvgIpc) is 2.99. The quantitative estimate of drug-likeness (QED) is 0.691. The average molecular weight is 388 g/mol. The topological polar surface area (TPSA) is 111 Å². The van der Waals surface area contributed by atoms with Crippen molar-refractivity contribution in [3.05, 3.63) is 36.0 Å². The second kappa shape index (κ2) is 7.25. The van der Waals surface area contributed by atoms with Gasteiger partial charge < -0.3 is 10.6 Å². The maximum atomic E-state index is 13.7. The Morgan fingerprint density at radius 3 is 2.54 bits per heavy atom. The van der Waals surface area contributed by atoms with Crippen LogP contribution in [-0.2, 0) is 17.8 Å². The van der Waals surface area contributed by atoms with Gasteiger partial charge in [-0.2, -0.15) is 23.8 Å². The number of nitrogens with zero attached hydrogens (tertiary/aromatic N) is 6. The second-order valence-electron chi connectivity index (χ2n) is 6.25. The Bertz CT molecular complexity index is 1030. The van der Waals surface area contributed by atoms with Crippen LogP contribution in [0.5, 0.6) is 0 Å². The van der Waals surface area contributed by atoms with Crippen molar-refractivity contribution in [2.45, 2.75) is 26.7 Å². The number of alkyl halides is 2. The summed E-state index contributed by atoms with van der Waals surface area (Å²) in [4.78, 5) is 24.6. The van der Waals surface area contributed by atoms with Crippen molar-refractivity contribution in [3.63, 3.8) is 0 Å². The highest BCUT2D eigenvalue weighted by Gasteiger charge is 2.29. The number of pyridine rings is 1. The number of amides is 1. The lowest BCUT2D eigenvalue weighted by atomic mass is 10.1. The molecule has 3 rings (SSSR count). The summed E-state index contributed by atoms with van der Waals surface area (Å²) in [5.74, 6) is -3.61. The molecule has 0 bridgehead atoms. The lowest BCUT2D eigenvalue weighted by Gasteiger charge is -2.14. The van der Waals surface area contributed by atoms with E-state index in [2.05, 4.69) is 35.8 Å². The van der Waals surface area contributed by atoms with Crippen LogP contribution in [0.2, 0.25) is 0 Å². The molecule has 0 aromatic carbocycles. The third-order valence-corrected chi connectivity index (χ3v) is 3.59. The lowest BCUT2D eigenvalue weighted by Crippen LogP contribution is -2.14. The molecule has 0 aliphatic heterocycles. The van der Waals surface area contributed by atoms with E-state index in [1.807, 2.05) is 0 Å². The molecule has 28 heavy (non-hydrogen) atoms. The van der Waals surface area contributed by atoms with Crippen LogP contribution >= 0.6 is 0 Å². The molecule has 0 aliphatic rings. The van der Waals surface area contributed by atoms with Gasteiger partial charge in [0.05, 0.1) is 11.9 Å². The number of nitrogens with one attached hydrogen (secondary N) is 2. The summed E-state index contributed by atoms with van der Waals surface area (Å²) >= 11 is 0. The van der Waals surface area contributed by atoms with E-state index in [9.17, 15) is 13.6 Å². The zero-order chi connectivity index (χ0) is 20.5. The normalized spacial score (nSPS) is 11.4. The van der Waals surface area contributed by atoms with Crippen molar-refractivity contribution < 1.29 is 13.6 Å². The molecule has 0 fully saturated rings. The summed E-state index contributed by atoms with van der Waals surface area (Å²) < 4.78 is 27.4. The Balaban J connectivity index is 2.06.